The molecule has 2 atom stereocenters. The molecule has 1 unspecified atom stereocenters. The monoisotopic (exact) mass is 142 g/mol. The van der Waals surface area contributed by atoms with Crippen molar-refractivity contribution in [3.8, 4) is 0 Å². The number of aliphatic carboxylic acids is 1. The van der Waals surface area contributed by atoms with Gasteiger partial charge >= 0.3 is 5.97 Å². The highest BCUT2D eigenvalue weighted by Crippen LogP contribution is 2.11. The topological polar surface area (TPSA) is 37.3 Å². The molecule has 0 bridgehead atoms. The molecule has 0 heterocycles. The van der Waals surface area contributed by atoms with Crippen LogP contribution < -0.4 is 0 Å². The van der Waals surface area contributed by atoms with Gasteiger partial charge in [0.2, 0.25) is 0 Å². The van der Waals surface area contributed by atoms with Gasteiger partial charge in [-0.1, -0.05) is 19.9 Å². The number of allylic oxidation sites excluding steroid dienone is 1. The van der Waals surface area contributed by atoms with Crippen molar-refractivity contribution < 1.29 is 9.90 Å². The van der Waals surface area contributed by atoms with Crippen LogP contribution in [0.1, 0.15) is 20.3 Å². The molecule has 0 rings (SSSR count). The smallest absolute Gasteiger partial charge is 0.306 e. The summed E-state index contributed by atoms with van der Waals surface area (Å²) in [5.41, 5.74) is 0. The zero-order valence-corrected chi connectivity index (χ0v) is 6.50. The fourth-order valence-electron chi connectivity index (χ4n) is 0.755. The van der Waals surface area contributed by atoms with Crippen LogP contribution >= 0.6 is 0 Å². The lowest BCUT2D eigenvalue weighted by molar-refractivity contribution is -0.141. The fourth-order valence-corrected chi connectivity index (χ4v) is 0.755. The predicted octanol–water partition coefficient (Wildman–Crippen LogP) is 1.92. The molecule has 0 amide bonds. The van der Waals surface area contributed by atoms with Crippen LogP contribution in [0.2, 0.25) is 0 Å². The van der Waals surface area contributed by atoms with E-state index in [9.17, 15) is 4.79 Å². The summed E-state index contributed by atoms with van der Waals surface area (Å²) in [6.45, 7) is 7.26. The van der Waals surface area contributed by atoms with Gasteiger partial charge in [-0.2, -0.15) is 0 Å². The Labute approximate surface area is 61.6 Å². The minimum Gasteiger partial charge on any atom is -0.481 e. The SMILES string of the molecule is C=CC(C)C[C@H](C)C(=O)O. The molecule has 10 heavy (non-hydrogen) atoms. The van der Waals surface area contributed by atoms with Crippen molar-refractivity contribution in [1.82, 2.24) is 0 Å². The van der Waals surface area contributed by atoms with Crippen LogP contribution in [0.5, 0.6) is 0 Å². The Kier molecular flexibility index (Phi) is 3.77. The molecule has 0 radical (unpaired) electrons. The lowest BCUT2D eigenvalue weighted by Gasteiger charge is -2.08. The maximum atomic E-state index is 10.3. The summed E-state index contributed by atoms with van der Waals surface area (Å²) in [4.78, 5) is 10.3. The van der Waals surface area contributed by atoms with Crippen LogP contribution in [0.4, 0.5) is 0 Å². The second kappa shape index (κ2) is 4.09. The van der Waals surface area contributed by atoms with Gasteiger partial charge in [0.1, 0.15) is 0 Å². The second-order valence-corrected chi connectivity index (χ2v) is 2.69. The molecular weight excluding hydrogens is 128 g/mol. The summed E-state index contributed by atoms with van der Waals surface area (Å²) < 4.78 is 0. The van der Waals surface area contributed by atoms with E-state index in [1.165, 1.54) is 0 Å². The van der Waals surface area contributed by atoms with Crippen molar-refractivity contribution >= 4 is 5.97 Å². The molecule has 0 saturated heterocycles. The molecule has 0 aromatic carbocycles. The average molecular weight is 142 g/mol. The molecule has 0 aliphatic rings. The van der Waals surface area contributed by atoms with Gasteiger partial charge < -0.3 is 5.11 Å². The van der Waals surface area contributed by atoms with Gasteiger partial charge in [0.05, 0.1) is 5.92 Å². The molecule has 0 aromatic rings. The first-order valence-corrected chi connectivity index (χ1v) is 3.43. The van der Waals surface area contributed by atoms with E-state index in [4.69, 9.17) is 5.11 Å². The highest BCUT2D eigenvalue weighted by atomic mass is 16.4. The van der Waals surface area contributed by atoms with Gasteiger partial charge in [0.15, 0.2) is 0 Å². The highest BCUT2D eigenvalue weighted by Gasteiger charge is 2.12. The lowest BCUT2D eigenvalue weighted by atomic mass is 9.98. The molecule has 0 fully saturated rings. The Morgan fingerprint density at radius 1 is 1.70 bits per heavy atom. The number of hydrogen-bond donors (Lipinski definition) is 1. The molecule has 2 nitrogen and oxygen atoms in total. The lowest BCUT2D eigenvalue weighted by Crippen LogP contribution is -2.11. The van der Waals surface area contributed by atoms with Crippen molar-refractivity contribution in [2.75, 3.05) is 0 Å². The third kappa shape index (κ3) is 3.28. The van der Waals surface area contributed by atoms with E-state index in [0.29, 0.717) is 12.3 Å². The predicted molar refractivity (Wildman–Crippen MR) is 40.8 cm³/mol. The Morgan fingerprint density at radius 2 is 2.20 bits per heavy atom. The standard InChI is InChI=1S/C8H14O2/c1-4-6(2)5-7(3)8(9)10/h4,6-7H,1,5H2,2-3H3,(H,9,10)/t6?,7-/m0/s1. The number of hydrogen-bond acceptors (Lipinski definition) is 1. The van der Waals surface area contributed by atoms with E-state index in [1.807, 2.05) is 6.92 Å². The van der Waals surface area contributed by atoms with Crippen LogP contribution in [-0.2, 0) is 4.79 Å². The van der Waals surface area contributed by atoms with E-state index in [2.05, 4.69) is 6.58 Å². The first-order chi connectivity index (χ1) is 4.57. The minimum atomic E-state index is -0.728. The summed E-state index contributed by atoms with van der Waals surface area (Å²) in [6, 6.07) is 0. The molecular formula is C8H14O2. The van der Waals surface area contributed by atoms with Crippen LogP contribution in [0.15, 0.2) is 12.7 Å². The molecule has 1 N–H and O–H groups in total. The van der Waals surface area contributed by atoms with Gasteiger partial charge in [-0.15, -0.1) is 6.58 Å². The number of rotatable bonds is 4. The zero-order valence-electron chi connectivity index (χ0n) is 6.50. The molecule has 0 saturated carbocycles. The molecule has 58 valence electrons. The Bertz CT molecular complexity index is 129. The van der Waals surface area contributed by atoms with Gasteiger partial charge in [0.25, 0.3) is 0 Å². The summed E-state index contributed by atoms with van der Waals surface area (Å²) >= 11 is 0. The van der Waals surface area contributed by atoms with Crippen molar-refractivity contribution in [3.63, 3.8) is 0 Å². The van der Waals surface area contributed by atoms with Gasteiger partial charge in [-0.25, -0.2) is 0 Å². The van der Waals surface area contributed by atoms with E-state index >= 15 is 0 Å². The normalized spacial score (nSPS) is 15.8. The quantitative estimate of drug-likeness (QED) is 0.609. The molecule has 2 heteroatoms. The van der Waals surface area contributed by atoms with E-state index in [1.54, 1.807) is 13.0 Å². The largest absolute Gasteiger partial charge is 0.481 e. The fraction of sp³-hybridized carbons (Fsp3) is 0.625. The summed E-state index contributed by atoms with van der Waals surface area (Å²) in [5.74, 6) is -0.687. The first kappa shape index (κ1) is 9.21. The summed E-state index contributed by atoms with van der Waals surface area (Å²) in [6.07, 6.45) is 2.46. The number of carbonyl (C=O) groups is 1. The molecule has 0 spiro atoms. The zero-order chi connectivity index (χ0) is 8.15. The van der Waals surface area contributed by atoms with Crippen LogP contribution in [0, 0.1) is 11.8 Å². The summed E-state index contributed by atoms with van der Waals surface area (Å²) in [5, 5.41) is 8.49. The maximum absolute atomic E-state index is 10.3. The second-order valence-electron chi connectivity index (χ2n) is 2.69. The van der Waals surface area contributed by atoms with Crippen molar-refractivity contribution in [1.29, 1.82) is 0 Å². The third-order valence-electron chi connectivity index (χ3n) is 1.55. The van der Waals surface area contributed by atoms with Crippen LogP contribution in [0.3, 0.4) is 0 Å². The van der Waals surface area contributed by atoms with Crippen LogP contribution in [-0.4, -0.2) is 11.1 Å². The Hall–Kier alpha value is -0.790. The minimum absolute atomic E-state index is 0.256. The van der Waals surface area contributed by atoms with Crippen LogP contribution in [0.25, 0.3) is 0 Å². The third-order valence-corrected chi connectivity index (χ3v) is 1.55. The van der Waals surface area contributed by atoms with E-state index < -0.39 is 5.97 Å². The Morgan fingerprint density at radius 3 is 2.50 bits per heavy atom. The summed E-state index contributed by atoms with van der Waals surface area (Å²) in [7, 11) is 0. The van der Waals surface area contributed by atoms with Gasteiger partial charge in [-0.05, 0) is 12.3 Å². The molecule has 0 aliphatic heterocycles. The molecule has 0 aliphatic carbocycles. The first-order valence-electron chi connectivity index (χ1n) is 3.43. The van der Waals surface area contributed by atoms with Crippen molar-refractivity contribution in [2.45, 2.75) is 20.3 Å². The number of carboxylic acid groups (broad SMARTS) is 1. The van der Waals surface area contributed by atoms with Gasteiger partial charge in [-0.3, -0.25) is 4.79 Å². The van der Waals surface area contributed by atoms with E-state index in [-0.39, 0.29) is 5.92 Å². The van der Waals surface area contributed by atoms with E-state index in [0.717, 1.165) is 0 Å². The van der Waals surface area contributed by atoms with Crippen molar-refractivity contribution in [3.05, 3.63) is 12.7 Å². The maximum Gasteiger partial charge on any atom is 0.306 e. The molecule has 0 aromatic heterocycles. The number of carboxylic acids is 1. The van der Waals surface area contributed by atoms with Gasteiger partial charge in [0, 0.05) is 0 Å². The Balaban J connectivity index is 3.67. The average Bonchev–Trinajstić information content (AvgIpc) is 1.87. The van der Waals surface area contributed by atoms with Crippen molar-refractivity contribution in [2.24, 2.45) is 11.8 Å². The highest BCUT2D eigenvalue weighted by molar-refractivity contribution is 5.69.